The third-order valence-corrected chi connectivity index (χ3v) is 6.07. The number of nitrogens with two attached hydrogens (primary N) is 1. The van der Waals surface area contributed by atoms with E-state index in [4.69, 9.17) is 5.73 Å². The van der Waals surface area contributed by atoms with Gasteiger partial charge in [0.25, 0.3) is 0 Å². The molecule has 2 aliphatic rings. The van der Waals surface area contributed by atoms with E-state index in [0.717, 1.165) is 25.0 Å². The topological polar surface area (TPSA) is 29.3 Å². The first-order chi connectivity index (χ1) is 9.71. The third kappa shape index (κ3) is 3.44. The fourth-order valence-corrected chi connectivity index (χ4v) is 4.26. The van der Waals surface area contributed by atoms with Crippen LogP contribution in [0.15, 0.2) is 16.8 Å². The average molecular weight is 292 g/mol. The van der Waals surface area contributed by atoms with Gasteiger partial charge in [-0.05, 0) is 66.0 Å². The standard InChI is InChI=1S/C17H28N2S/c1-14-4-7-17(12-18,8-5-14)13-19(16-2-3-16)10-15-6-9-20-11-15/h6,9,11,14,16H,2-5,7-8,10,12-13,18H2,1H3. The molecule has 112 valence electrons. The summed E-state index contributed by atoms with van der Waals surface area (Å²) in [5.74, 6) is 0.904. The number of nitrogens with zero attached hydrogens (tertiary/aromatic N) is 1. The Balaban J connectivity index is 1.65. The highest BCUT2D eigenvalue weighted by Gasteiger charge is 2.38. The van der Waals surface area contributed by atoms with Crippen LogP contribution in [0.2, 0.25) is 0 Å². The summed E-state index contributed by atoms with van der Waals surface area (Å²) in [6.45, 7) is 5.61. The van der Waals surface area contributed by atoms with E-state index in [9.17, 15) is 0 Å². The molecule has 20 heavy (non-hydrogen) atoms. The Morgan fingerprint density at radius 1 is 1.30 bits per heavy atom. The summed E-state index contributed by atoms with van der Waals surface area (Å²) in [6.07, 6.45) is 8.18. The van der Waals surface area contributed by atoms with Crippen molar-refractivity contribution in [3.63, 3.8) is 0 Å². The van der Waals surface area contributed by atoms with E-state index in [-0.39, 0.29) is 0 Å². The molecule has 1 aromatic heterocycles. The third-order valence-electron chi connectivity index (χ3n) is 5.34. The average Bonchev–Trinajstić information content (AvgIpc) is 3.19. The highest BCUT2D eigenvalue weighted by molar-refractivity contribution is 7.07. The predicted octanol–water partition coefficient (Wildman–Crippen LogP) is 3.87. The molecule has 0 amide bonds. The van der Waals surface area contributed by atoms with Crippen LogP contribution in [0.4, 0.5) is 0 Å². The van der Waals surface area contributed by atoms with Gasteiger partial charge in [-0.25, -0.2) is 0 Å². The Hall–Kier alpha value is -0.380. The van der Waals surface area contributed by atoms with Gasteiger partial charge in [0.2, 0.25) is 0 Å². The van der Waals surface area contributed by atoms with E-state index in [0.29, 0.717) is 5.41 Å². The second kappa shape index (κ2) is 6.17. The molecule has 0 spiro atoms. The van der Waals surface area contributed by atoms with Crippen molar-refractivity contribution in [1.29, 1.82) is 0 Å². The molecule has 2 N–H and O–H groups in total. The number of thiophene rings is 1. The lowest BCUT2D eigenvalue weighted by molar-refractivity contribution is 0.0861. The summed E-state index contributed by atoms with van der Waals surface area (Å²) in [7, 11) is 0. The first kappa shape index (κ1) is 14.6. The summed E-state index contributed by atoms with van der Waals surface area (Å²) in [4.78, 5) is 2.73. The van der Waals surface area contributed by atoms with Crippen molar-refractivity contribution >= 4 is 11.3 Å². The van der Waals surface area contributed by atoms with Gasteiger partial charge in [0.15, 0.2) is 0 Å². The van der Waals surface area contributed by atoms with Gasteiger partial charge >= 0.3 is 0 Å². The minimum atomic E-state index is 0.394. The van der Waals surface area contributed by atoms with Gasteiger partial charge in [0, 0.05) is 19.1 Å². The molecular weight excluding hydrogens is 264 g/mol. The molecule has 1 aromatic rings. The number of rotatable bonds is 6. The molecule has 0 aromatic carbocycles. The van der Waals surface area contributed by atoms with E-state index in [2.05, 4.69) is 28.7 Å². The zero-order valence-corrected chi connectivity index (χ0v) is 13.5. The molecule has 0 bridgehead atoms. The molecule has 2 fully saturated rings. The number of hydrogen-bond acceptors (Lipinski definition) is 3. The van der Waals surface area contributed by atoms with Gasteiger partial charge < -0.3 is 5.73 Å². The zero-order chi connectivity index (χ0) is 14.0. The van der Waals surface area contributed by atoms with E-state index >= 15 is 0 Å². The molecule has 2 saturated carbocycles. The fraction of sp³-hybridized carbons (Fsp3) is 0.765. The van der Waals surface area contributed by atoms with Gasteiger partial charge in [0.05, 0.1) is 0 Å². The van der Waals surface area contributed by atoms with Crippen molar-refractivity contribution in [3.05, 3.63) is 22.4 Å². The van der Waals surface area contributed by atoms with Crippen molar-refractivity contribution in [2.24, 2.45) is 17.1 Å². The fourth-order valence-electron chi connectivity index (χ4n) is 3.60. The maximum atomic E-state index is 6.20. The maximum Gasteiger partial charge on any atom is 0.0245 e. The van der Waals surface area contributed by atoms with Crippen molar-refractivity contribution < 1.29 is 0 Å². The molecule has 3 rings (SSSR count). The molecule has 3 heteroatoms. The van der Waals surface area contributed by atoms with E-state index in [1.807, 2.05) is 11.3 Å². The predicted molar refractivity (Wildman–Crippen MR) is 86.9 cm³/mol. The first-order valence-electron chi connectivity index (χ1n) is 8.16. The summed E-state index contributed by atoms with van der Waals surface area (Å²) < 4.78 is 0. The highest BCUT2D eigenvalue weighted by atomic mass is 32.1. The van der Waals surface area contributed by atoms with Crippen LogP contribution >= 0.6 is 11.3 Å². The summed E-state index contributed by atoms with van der Waals surface area (Å²) in [5.41, 5.74) is 8.08. The molecule has 0 unspecified atom stereocenters. The Kier molecular flexibility index (Phi) is 4.49. The second-order valence-corrected chi connectivity index (χ2v) is 7.93. The lowest BCUT2D eigenvalue weighted by Gasteiger charge is -2.42. The molecule has 0 radical (unpaired) electrons. The molecule has 1 heterocycles. The Morgan fingerprint density at radius 3 is 2.60 bits per heavy atom. The monoisotopic (exact) mass is 292 g/mol. The Bertz CT molecular complexity index is 403. The van der Waals surface area contributed by atoms with Crippen LogP contribution in [-0.4, -0.2) is 24.0 Å². The lowest BCUT2D eigenvalue weighted by atomic mass is 9.70. The largest absolute Gasteiger partial charge is 0.330 e. The van der Waals surface area contributed by atoms with Gasteiger partial charge in [0.1, 0.15) is 0 Å². The van der Waals surface area contributed by atoms with Gasteiger partial charge in [-0.15, -0.1) is 0 Å². The van der Waals surface area contributed by atoms with Crippen LogP contribution in [0.3, 0.4) is 0 Å². The minimum absolute atomic E-state index is 0.394. The second-order valence-electron chi connectivity index (χ2n) is 7.15. The zero-order valence-electron chi connectivity index (χ0n) is 12.7. The molecule has 0 aliphatic heterocycles. The van der Waals surface area contributed by atoms with Crippen LogP contribution in [0.5, 0.6) is 0 Å². The van der Waals surface area contributed by atoms with Gasteiger partial charge in [-0.3, -0.25) is 4.90 Å². The van der Waals surface area contributed by atoms with Crippen molar-refractivity contribution in [2.75, 3.05) is 13.1 Å². The van der Waals surface area contributed by atoms with Crippen molar-refractivity contribution in [2.45, 2.75) is 58.0 Å². The van der Waals surface area contributed by atoms with Gasteiger partial charge in [-0.2, -0.15) is 11.3 Å². The first-order valence-corrected chi connectivity index (χ1v) is 9.10. The van der Waals surface area contributed by atoms with Crippen molar-refractivity contribution in [3.8, 4) is 0 Å². The van der Waals surface area contributed by atoms with Gasteiger partial charge in [-0.1, -0.05) is 19.8 Å². The van der Waals surface area contributed by atoms with Crippen LogP contribution in [-0.2, 0) is 6.54 Å². The highest BCUT2D eigenvalue weighted by Crippen LogP contribution is 2.41. The SMILES string of the molecule is CC1CCC(CN)(CN(Cc2ccsc2)C2CC2)CC1. The van der Waals surface area contributed by atoms with E-state index in [1.165, 1.54) is 50.6 Å². The van der Waals surface area contributed by atoms with Crippen LogP contribution in [0.25, 0.3) is 0 Å². The minimum Gasteiger partial charge on any atom is -0.330 e. The normalized spacial score (nSPS) is 30.9. The van der Waals surface area contributed by atoms with Crippen LogP contribution in [0.1, 0.15) is 51.0 Å². The molecule has 0 atom stereocenters. The maximum absolute atomic E-state index is 6.20. The number of hydrogen-bond donors (Lipinski definition) is 1. The quantitative estimate of drug-likeness (QED) is 0.862. The summed E-state index contributed by atoms with van der Waals surface area (Å²) in [5, 5.41) is 4.49. The molecule has 2 nitrogen and oxygen atoms in total. The molecule has 2 aliphatic carbocycles. The van der Waals surface area contributed by atoms with E-state index in [1.54, 1.807) is 0 Å². The Labute approximate surface area is 127 Å². The smallest absolute Gasteiger partial charge is 0.0245 e. The molecular formula is C17H28N2S. The van der Waals surface area contributed by atoms with E-state index < -0.39 is 0 Å². The van der Waals surface area contributed by atoms with Crippen molar-refractivity contribution in [1.82, 2.24) is 4.90 Å². The van der Waals surface area contributed by atoms with Crippen LogP contribution in [0, 0.1) is 11.3 Å². The lowest BCUT2D eigenvalue weighted by Crippen LogP contribution is -2.45. The summed E-state index contributed by atoms with van der Waals surface area (Å²) >= 11 is 1.81. The molecule has 0 saturated heterocycles. The Morgan fingerprint density at radius 2 is 2.05 bits per heavy atom. The van der Waals surface area contributed by atoms with Crippen LogP contribution < -0.4 is 5.73 Å². The summed E-state index contributed by atoms with van der Waals surface area (Å²) in [6, 6.07) is 3.11.